The van der Waals surface area contributed by atoms with Gasteiger partial charge in [-0.2, -0.15) is 5.10 Å². The van der Waals surface area contributed by atoms with Crippen LogP contribution in [0.1, 0.15) is 23.2 Å². The molecule has 0 aromatic carbocycles. The fraction of sp³-hybridized carbons (Fsp3) is 0.333. The number of thiazole rings is 1. The van der Waals surface area contributed by atoms with Gasteiger partial charge in [0, 0.05) is 18.1 Å². The molecule has 2 aromatic rings. The molecule has 2 rings (SSSR count). The maximum absolute atomic E-state index is 9.89. The molecule has 0 aliphatic carbocycles. The quantitative estimate of drug-likeness (QED) is 0.810. The van der Waals surface area contributed by atoms with Gasteiger partial charge >= 0.3 is 0 Å². The second-order valence-corrected chi connectivity index (χ2v) is 3.87. The van der Waals surface area contributed by atoms with Crippen LogP contribution in [0.5, 0.6) is 0 Å². The zero-order chi connectivity index (χ0) is 10.1. The lowest BCUT2D eigenvalue weighted by Crippen LogP contribution is -2.01. The predicted molar refractivity (Wildman–Crippen MR) is 54.1 cm³/mol. The Morgan fingerprint density at radius 3 is 2.79 bits per heavy atom. The molecule has 14 heavy (non-hydrogen) atoms. The van der Waals surface area contributed by atoms with Crippen LogP contribution < -0.4 is 0 Å². The van der Waals surface area contributed by atoms with Gasteiger partial charge in [0.25, 0.3) is 0 Å². The van der Waals surface area contributed by atoms with Crippen molar-refractivity contribution in [3.8, 4) is 0 Å². The van der Waals surface area contributed by atoms with Crippen LogP contribution in [0.25, 0.3) is 0 Å². The highest BCUT2D eigenvalue weighted by Crippen LogP contribution is 2.20. The molecule has 0 radical (unpaired) electrons. The van der Waals surface area contributed by atoms with Gasteiger partial charge < -0.3 is 5.11 Å². The lowest BCUT2D eigenvalue weighted by molar-refractivity contribution is 0.210. The highest BCUT2D eigenvalue weighted by Gasteiger charge is 2.15. The van der Waals surface area contributed by atoms with E-state index in [1.165, 1.54) is 11.3 Å². The minimum absolute atomic E-state index is 0.649. The minimum Gasteiger partial charge on any atom is -0.380 e. The standard InChI is InChI=1S/C9H11N3OS/c1-6-3-7(11-12(6)2)9(13)8-4-14-5-10-8/h3-5,9,13H,1-2H3. The van der Waals surface area contributed by atoms with Crippen LogP contribution in [-0.2, 0) is 7.05 Å². The van der Waals surface area contributed by atoms with E-state index in [-0.39, 0.29) is 0 Å². The molecule has 0 spiro atoms. The van der Waals surface area contributed by atoms with Crippen LogP contribution in [0.3, 0.4) is 0 Å². The molecule has 2 heterocycles. The van der Waals surface area contributed by atoms with Crippen molar-refractivity contribution in [2.75, 3.05) is 0 Å². The van der Waals surface area contributed by atoms with Gasteiger partial charge in [-0.05, 0) is 13.0 Å². The van der Waals surface area contributed by atoms with Crippen LogP contribution in [0, 0.1) is 6.92 Å². The highest BCUT2D eigenvalue weighted by molar-refractivity contribution is 7.07. The van der Waals surface area contributed by atoms with E-state index in [9.17, 15) is 5.11 Å². The Labute approximate surface area is 85.8 Å². The highest BCUT2D eigenvalue weighted by atomic mass is 32.1. The number of rotatable bonds is 2. The van der Waals surface area contributed by atoms with E-state index < -0.39 is 6.10 Å². The maximum atomic E-state index is 9.89. The first-order valence-corrected chi connectivity index (χ1v) is 5.19. The van der Waals surface area contributed by atoms with Crippen LogP contribution in [0.15, 0.2) is 17.0 Å². The summed E-state index contributed by atoms with van der Waals surface area (Å²) in [5, 5.41) is 15.9. The van der Waals surface area contributed by atoms with Gasteiger partial charge in [-0.1, -0.05) is 0 Å². The van der Waals surface area contributed by atoms with Crippen molar-refractivity contribution in [1.82, 2.24) is 14.8 Å². The summed E-state index contributed by atoms with van der Waals surface area (Å²) >= 11 is 1.47. The van der Waals surface area contributed by atoms with Crippen LogP contribution in [-0.4, -0.2) is 19.9 Å². The van der Waals surface area contributed by atoms with Crippen molar-refractivity contribution < 1.29 is 5.11 Å². The molecule has 0 aliphatic heterocycles. The van der Waals surface area contributed by atoms with E-state index >= 15 is 0 Å². The Morgan fingerprint density at radius 1 is 1.50 bits per heavy atom. The Hall–Kier alpha value is -1.20. The Kier molecular flexibility index (Phi) is 2.35. The van der Waals surface area contributed by atoms with Gasteiger partial charge in [-0.3, -0.25) is 4.68 Å². The Balaban J connectivity index is 2.32. The van der Waals surface area contributed by atoms with E-state index in [1.807, 2.05) is 25.4 Å². The van der Waals surface area contributed by atoms with Gasteiger partial charge in [0.2, 0.25) is 0 Å². The third-order valence-electron chi connectivity index (χ3n) is 2.14. The first kappa shape index (κ1) is 9.36. The molecule has 0 bridgehead atoms. The molecule has 0 saturated carbocycles. The Morgan fingerprint density at radius 2 is 2.29 bits per heavy atom. The van der Waals surface area contributed by atoms with E-state index in [4.69, 9.17) is 0 Å². The van der Waals surface area contributed by atoms with Gasteiger partial charge in [0.05, 0.1) is 16.9 Å². The topological polar surface area (TPSA) is 50.9 Å². The van der Waals surface area contributed by atoms with E-state index in [0.29, 0.717) is 11.4 Å². The number of aliphatic hydroxyl groups excluding tert-OH is 1. The molecule has 2 aromatic heterocycles. The molecule has 0 fully saturated rings. The lowest BCUT2D eigenvalue weighted by Gasteiger charge is -2.02. The zero-order valence-corrected chi connectivity index (χ0v) is 8.82. The van der Waals surface area contributed by atoms with Gasteiger partial charge in [-0.25, -0.2) is 4.98 Å². The van der Waals surface area contributed by atoms with Gasteiger partial charge in [0.15, 0.2) is 0 Å². The lowest BCUT2D eigenvalue weighted by atomic mass is 10.2. The molecule has 1 unspecified atom stereocenters. The second kappa shape index (κ2) is 3.51. The molecule has 74 valence electrons. The summed E-state index contributed by atoms with van der Waals surface area (Å²) in [6.45, 7) is 1.95. The molecule has 1 N–H and O–H groups in total. The summed E-state index contributed by atoms with van der Waals surface area (Å²) in [6, 6.07) is 1.87. The van der Waals surface area contributed by atoms with Crippen LogP contribution in [0.4, 0.5) is 0 Å². The first-order chi connectivity index (χ1) is 6.68. The van der Waals surface area contributed by atoms with E-state index in [0.717, 1.165) is 5.69 Å². The molecule has 0 amide bonds. The predicted octanol–water partition coefficient (Wildman–Crippen LogP) is 1.27. The fourth-order valence-electron chi connectivity index (χ4n) is 1.23. The molecule has 0 aliphatic rings. The fourth-order valence-corrected chi connectivity index (χ4v) is 1.80. The summed E-state index contributed by atoms with van der Waals surface area (Å²) < 4.78 is 1.74. The van der Waals surface area contributed by atoms with Crippen molar-refractivity contribution >= 4 is 11.3 Å². The molecule has 0 saturated heterocycles. The smallest absolute Gasteiger partial charge is 0.140 e. The molecular formula is C9H11N3OS. The average Bonchev–Trinajstić information content (AvgIpc) is 2.76. The number of aromatic nitrogens is 3. The monoisotopic (exact) mass is 209 g/mol. The number of nitrogens with zero attached hydrogens (tertiary/aromatic N) is 3. The molecule has 4 nitrogen and oxygen atoms in total. The van der Waals surface area contributed by atoms with Crippen molar-refractivity contribution in [3.63, 3.8) is 0 Å². The molecule has 1 atom stereocenters. The SMILES string of the molecule is Cc1cc(C(O)c2cscn2)nn1C. The Bertz CT molecular complexity index is 402. The van der Waals surface area contributed by atoms with Crippen molar-refractivity contribution in [2.45, 2.75) is 13.0 Å². The molecular weight excluding hydrogens is 198 g/mol. The van der Waals surface area contributed by atoms with Crippen LogP contribution in [0.2, 0.25) is 0 Å². The van der Waals surface area contributed by atoms with Crippen molar-refractivity contribution in [3.05, 3.63) is 34.0 Å². The summed E-state index contributed by atoms with van der Waals surface area (Å²) in [7, 11) is 1.85. The minimum atomic E-state index is -0.707. The number of aryl methyl sites for hydroxylation is 2. The van der Waals surface area contributed by atoms with Crippen molar-refractivity contribution in [2.24, 2.45) is 7.05 Å². The third kappa shape index (κ3) is 1.56. The summed E-state index contributed by atoms with van der Waals surface area (Å²) in [5.74, 6) is 0. The number of hydrogen-bond acceptors (Lipinski definition) is 4. The third-order valence-corrected chi connectivity index (χ3v) is 2.75. The number of hydrogen-bond donors (Lipinski definition) is 1. The average molecular weight is 209 g/mol. The van der Waals surface area contributed by atoms with Crippen LogP contribution >= 0.6 is 11.3 Å². The van der Waals surface area contributed by atoms with Gasteiger partial charge in [-0.15, -0.1) is 11.3 Å². The first-order valence-electron chi connectivity index (χ1n) is 4.25. The summed E-state index contributed by atoms with van der Waals surface area (Å²) in [6.07, 6.45) is -0.707. The summed E-state index contributed by atoms with van der Waals surface area (Å²) in [5.41, 5.74) is 4.03. The normalized spacial score (nSPS) is 13.1. The molecule has 5 heteroatoms. The van der Waals surface area contributed by atoms with Crippen molar-refractivity contribution in [1.29, 1.82) is 0 Å². The largest absolute Gasteiger partial charge is 0.380 e. The van der Waals surface area contributed by atoms with E-state index in [2.05, 4.69) is 10.1 Å². The number of aliphatic hydroxyl groups is 1. The zero-order valence-electron chi connectivity index (χ0n) is 8.01. The second-order valence-electron chi connectivity index (χ2n) is 3.15. The van der Waals surface area contributed by atoms with E-state index in [1.54, 1.807) is 10.2 Å². The summed E-state index contributed by atoms with van der Waals surface area (Å²) in [4.78, 5) is 4.05. The maximum Gasteiger partial charge on any atom is 0.140 e. The van der Waals surface area contributed by atoms with Gasteiger partial charge in [0.1, 0.15) is 6.10 Å².